The SMILES string of the molecule is COc1cc2nccc(Oc3ccc(CC(=O)c4ccnn(-c5ccc(F)cc5)c4=O)cc3F)c2nc1OC. The molecule has 39 heavy (non-hydrogen) atoms. The predicted octanol–water partition coefficient (Wildman–Crippen LogP) is 4.69. The van der Waals surface area contributed by atoms with E-state index in [9.17, 15) is 14.0 Å². The van der Waals surface area contributed by atoms with Crippen LogP contribution in [0.4, 0.5) is 8.78 Å². The highest BCUT2D eigenvalue weighted by atomic mass is 19.1. The van der Waals surface area contributed by atoms with Gasteiger partial charge >= 0.3 is 0 Å². The van der Waals surface area contributed by atoms with Crippen LogP contribution in [0.2, 0.25) is 0 Å². The Hall–Kier alpha value is -5.19. The van der Waals surface area contributed by atoms with Gasteiger partial charge in [0.2, 0.25) is 0 Å². The Morgan fingerprint density at radius 1 is 0.897 bits per heavy atom. The van der Waals surface area contributed by atoms with Crippen LogP contribution in [0.25, 0.3) is 16.7 Å². The molecule has 0 amide bonds. The van der Waals surface area contributed by atoms with Crippen LogP contribution in [0.15, 0.2) is 77.9 Å². The molecule has 5 aromatic rings. The van der Waals surface area contributed by atoms with Crippen LogP contribution in [-0.2, 0) is 6.42 Å². The van der Waals surface area contributed by atoms with Gasteiger partial charge in [0.1, 0.15) is 11.3 Å². The minimum atomic E-state index is -0.718. The standard InChI is InChI=1S/C28H20F2N4O5/c1-37-25-15-21-26(33-27(25)38-2)24(10-11-31-21)39-23-8-3-16(13-20(23)30)14-22(35)19-9-12-32-34(28(19)36)18-6-4-17(29)5-7-18/h3-13,15H,14H2,1-2H3. The molecular weight excluding hydrogens is 510 g/mol. The second-order valence-corrected chi connectivity index (χ2v) is 8.28. The number of halogens is 2. The van der Waals surface area contributed by atoms with Crippen LogP contribution >= 0.6 is 0 Å². The van der Waals surface area contributed by atoms with E-state index in [0.717, 1.165) is 10.7 Å². The molecule has 9 nitrogen and oxygen atoms in total. The summed E-state index contributed by atoms with van der Waals surface area (Å²) < 4.78 is 45.5. The van der Waals surface area contributed by atoms with Crippen LogP contribution in [0.3, 0.4) is 0 Å². The summed E-state index contributed by atoms with van der Waals surface area (Å²) >= 11 is 0. The summed E-state index contributed by atoms with van der Waals surface area (Å²) in [5.41, 5.74) is 0.629. The van der Waals surface area contributed by atoms with E-state index >= 15 is 4.39 Å². The number of fused-ring (bicyclic) bond motifs is 1. The number of ether oxygens (including phenoxy) is 3. The van der Waals surface area contributed by atoms with E-state index < -0.39 is 23.0 Å². The zero-order chi connectivity index (χ0) is 27.5. The lowest BCUT2D eigenvalue weighted by molar-refractivity contribution is 0.0991. The smallest absolute Gasteiger partial charge is 0.282 e. The maximum atomic E-state index is 15.0. The van der Waals surface area contributed by atoms with Crippen molar-refractivity contribution in [3.63, 3.8) is 0 Å². The first-order chi connectivity index (χ1) is 18.9. The molecule has 3 aromatic heterocycles. The van der Waals surface area contributed by atoms with Gasteiger partial charge in [0, 0.05) is 30.9 Å². The third-order valence-electron chi connectivity index (χ3n) is 5.82. The van der Waals surface area contributed by atoms with Crippen molar-refractivity contribution in [1.29, 1.82) is 0 Å². The summed E-state index contributed by atoms with van der Waals surface area (Å²) in [6, 6.07) is 13.6. The van der Waals surface area contributed by atoms with Crippen molar-refractivity contribution in [3.05, 3.63) is 106 Å². The normalized spacial score (nSPS) is 10.9. The molecule has 0 fully saturated rings. The van der Waals surface area contributed by atoms with Gasteiger partial charge in [-0.05, 0) is 48.0 Å². The topological polar surface area (TPSA) is 105 Å². The Kier molecular flexibility index (Phi) is 6.96. The molecule has 0 bridgehead atoms. The van der Waals surface area contributed by atoms with E-state index in [-0.39, 0.29) is 29.4 Å². The number of hydrogen-bond acceptors (Lipinski definition) is 8. The van der Waals surface area contributed by atoms with Crippen molar-refractivity contribution >= 4 is 16.8 Å². The fourth-order valence-electron chi connectivity index (χ4n) is 3.91. The van der Waals surface area contributed by atoms with Gasteiger partial charge in [0.25, 0.3) is 11.4 Å². The lowest BCUT2D eigenvalue weighted by Gasteiger charge is -2.12. The van der Waals surface area contributed by atoms with Crippen LogP contribution in [0.5, 0.6) is 23.1 Å². The number of benzene rings is 2. The monoisotopic (exact) mass is 530 g/mol. The molecule has 0 spiro atoms. The van der Waals surface area contributed by atoms with E-state index in [0.29, 0.717) is 28.0 Å². The highest BCUT2D eigenvalue weighted by molar-refractivity contribution is 5.97. The number of carbonyl (C=O) groups excluding carboxylic acids is 1. The van der Waals surface area contributed by atoms with Crippen molar-refractivity contribution in [2.45, 2.75) is 6.42 Å². The van der Waals surface area contributed by atoms with Gasteiger partial charge in [0.15, 0.2) is 28.8 Å². The molecule has 0 aliphatic rings. The molecule has 0 atom stereocenters. The lowest BCUT2D eigenvalue weighted by atomic mass is 10.0. The Morgan fingerprint density at radius 3 is 2.41 bits per heavy atom. The number of Topliss-reactive ketones (excluding diaryl/α,β-unsaturated/α-hetero) is 1. The Bertz CT molecular complexity index is 1760. The number of carbonyl (C=O) groups is 1. The quantitative estimate of drug-likeness (QED) is 0.266. The van der Waals surface area contributed by atoms with E-state index in [1.54, 1.807) is 6.07 Å². The molecule has 2 aromatic carbocycles. The summed E-state index contributed by atoms with van der Waals surface area (Å²) in [7, 11) is 2.92. The summed E-state index contributed by atoms with van der Waals surface area (Å²) in [6.07, 6.45) is 2.55. The molecule has 0 aliphatic heterocycles. The molecule has 0 unspecified atom stereocenters. The van der Waals surface area contributed by atoms with Crippen LogP contribution in [0, 0.1) is 11.6 Å². The second-order valence-electron chi connectivity index (χ2n) is 8.28. The first-order valence-corrected chi connectivity index (χ1v) is 11.6. The fourth-order valence-corrected chi connectivity index (χ4v) is 3.91. The Balaban J connectivity index is 1.38. The van der Waals surface area contributed by atoms with Gasteiger partial charge in [-0.1, -0.05) is 6.07 Å². The Labute approximate surface area is 220 Å². The minimum Gasteiger partial charge on any atom is -0.491 e. The molecule has 0 saturated heterocycles. The molecule has 0 N–H and O–H groups in total. The van der Waals surface area contributed by atoms with Crippen molar-refractivity contribution < 1.29 is 27.8 Å². The zero-order valence-corrected chi connectivity index (χ0v) is 20.7. The van der Waals surface area contributed by atoms with Crippen molar-refractivity contribution in [2.24, 2.45) is 0 Å². The molecule has 0 radical (unpaired) electrons. The first kappa shape index (κ1) is 25.5. The number of pyridine rings is 2. The third-order valence-corrected chi connectivity index (χ3v) is 5.82. The van der Waals surface area contributed by atoms with E-state index in [1.807, 2.05) is 0 Å². The second kappa shape index (κ2) is 10.7. The number of methoxy groups -OCH3 is 2. The largest absolute Gasteiger partial charge is 0.491 e. The fraction of sp³-hybridized carbons (Fsp3) is 0.107. The van der Waals surface area contributed by atoms with Gasteiger partial charge in [-0.25, -0.2) is 13.8 Å². The lowest BCUT2D eigenvalue weighted by Crippen LogP contribution is -2.27. The van der Waals surface area contributed by atoms with Crippen molar-refractivity contribution in [3.8, 4) is 28.8 Å². The maximum absolute atomic E-state index is 15.0. The van der Waals surface area contributed by atoms with Gasteiger partial charge in [-0.2, -0.15) is 9.78 Å². The van der Waals surface area contributed by atoms with E-state index in [2.05, 4.69) is 15.1 Å². The summed E-state index contributed by atoms with van der Waals surface area (Å²) in [5.74, 6) is -0.984. The minimum absolute atomic E-state index is 0.0992. The number of hydrogen-bond donors (Lipinski definition) is 0. The number of nitrogens with zero attached hydrogens (tertiary/aromatic N) is 4. The van der Waals surface area contributed by atoms with Crippen LogP contribution < -0.4 is 19.8 Å². The summed E-state index contributed by atoms with van der Waals surface area (Å²) in [5, 5.41) is 3.96. The number of aromatic nitrogens is 4. The van der Waals surface area contributed by atoms with E-state index in [4.69, 9.17) is 14.2 Å². The van der Waals surface area contributed by atoms with Crippen LogP contribution in [0.1, 0.15) is 15.9 Å². The Morgan fingerprint density at radius 2 is 1.69 bits per heavy atom. The molecule has 0 aliphatic carbocycles. The predicted molar refractivity (Wildman–Crippen MR) is 137 cm³/mol. The van der Waals surface area contributed by atoms with Crippen LogP contribution in [-0.4, -0.2) is 39.8 Å². The third kappa shape index (κ3) is 5.14. The first-order valence-electron chi connectivity index (χ1n) is 11.6. The van der Waals surface area contributed by atoms with E-state index in [1.165, 1.54) is 75.1 Å². The van der Waals surface area contributed by atoms with Crippen molar-refractivity contribution in [1.82, 2.24) is 19.7 Å². The summed E-state index contributed by atoms with van der Waals surface area (Å²) in [4.78, 5) is 34.4. The molecular formula is C28H20F2N4O5. The average Bonchev–Trinajstić information content (AvgIpc) is 2.94. The number of ketones is 1. The summed E-state index contributed by atoms with van der Waals surface area (Å²) in [6.45, 7) is 0. The zero-order valence-electron chi connectivity index (χ0n) is 20.7. The molecule has 0 saturated carbocycles. The van der Waals surface area contributed by atoms with Gasteiger partial charge in [-0.15, -0.1) is 0 Å². The van der Waals surface area contributed by atoms with Gasteiger partial charge < -0.3 is 14.2 Å². The molecule has 5 rings (SSSR count). The highest BCUT2D eigenvalue weighted by Gasteiger charge is 2.18. The molecule has 3 heterocycles. The van der Waals surface area contributed by atoms with Gasteiger partial charge in [-0.3, -0.25) is 14.6 Å². The van der Waals surface area contributed by atoms with Gasteiger partial charge in [0.05, 0.1) is 31.0 Å². The number of rotatable bonds is 8. The van der Waals surface area contributed by atoms with Crippen molar-refractivity contribution in [2.75, 3.05) is 14.2 Å². The maximum Gasteiger partial charge on any atom is 0.282 e. The molecule has 11 heteroatoms. The average molecular weight is 530 g/mol. The highest BCUT2D eigenvalue weighted by Crippen LogP contribution is 2.34. The molecule has 196 valence electrons.